The maximum absolute atomic E-state index is 11.9. The molecule has 0 aromatic heterocycles. The van der Waals surface area contributed by atoms with E-state index in [1.165, 1.54) is 0 Å². The fourth-order valence-electron chi connectivity index (χ4n) is 3.61. The Hall–Kier alpha value is -1.62. The van der Waals surface area contributed by atoms with E-state index < -0.39 is 12.1 Å². The Morgan fingerprint density at radius 1 is 1.30 bits per heavy atom. The molecular weight excluding hydrogens is 260 g/mol. The van der Waals surface area contributed by atoms with Gasteiger partial charge in [0.25, 0.3) is 0 Å². The molecule has 3 aliphatic heterocycles. The molecule has 2 fully saturated rings. The summed E-state index contributed by atoms with van der Waals surface area (Å²) in [6.07, 6.45) is 3.30. The van der Waals surface area contributed by atoms with Crippen LogP contribution in [0.1, 0.15) is 26.2 Å². The zero-order chi connectivity index (χ0) is 14.1. The molecule has 5 heteroatoms. The molecular formula is C15H16O5. The van der Waals surface area contributed by atoms with Gasteiger partial charge in [-0.1, -0.05) is 6.58 Å². The zero-order valence-electron chi connectivity index (χ0n) is 11.3. The second-order valence-corrected chi connectivity index (χ2v) is 6.22. The van der Waals surface area contributed by atoms with Crippen LogP contribution >= 0.6 is 0 Å². The summed E-state index contributed by atoms with van der Waals surface area (Å²) in [5, 5.41) is 0. The molecule has 5 atom stereocenters. The highest BCUT2D eigenvalue weighted by molar-refractivity contribution is 5.93. The predicted molar refractivity (Wildman–Crippen MR) is 67.6 cm³/mol. The zero-order valence-corrected chi connectivity index (χ0v) is 11.3. The molecule has 2 bridgehead atoms. The fourth-order valence-corrected chi connectivity index (χ4v) is 3.61. The van der Waals surface area contributed by atoms with E-state index in [0.29, 0.717) is 24.0 Å². The first-order valence-electron chi connectivity index (χ1n) is 6.97. The minimum atomic E-state index is -0.430. The highest BCUT2D eigenvalue weighted by Crippen LogP contribution is 2.49. The number of fused-ring (bicyclic) bond motifs is 4. The van der Waals surface area contributed by atoms with Crippen molar-refractivity contribution in [1.29, 1.82) is 0 Å². The van der Waals surface area contributed by atoms with E-state index >= 15 is 0 Å². The quantitative estimate of drug-likeness (QED) is 0.379. The number of ether oxygens (including phenoxy) is 3. The van der Waals surface area contributed by atoms with Crippen LogP contribution in [-0.2, 0) is 23.8 Å². The lowest BCUT2D eigenvalue weighted by Gasteiger charge is -2.23. The van der Waals surface area contributed by atoms with Gasteiger partial charge in [0.2, 0.25) is 0 Å². The molecule has 4 aliphatic rings. The van der Waals surface area contributed by atoms with Crippen molar-refractivity contribution in [2.24, 2.45) is 5.92 Å². The molecule has 20 heavy (non-hydrogen) atoms. The molecule has 0 aromatic rings. The van der Waals surface area contributed by atoms with E-state index in [0.717, 1.165) is 6.42 Å². The Morgan fingerprint density at radius 3 is 2.90 bits per heavy atom. The van der Waals surface area contributed by atoms with Crippen LogP contribution in [0, 0.1) is 5.92 Å². The second kappa shape index (κ2) is 3.73. The van der Waals surface area contributed by atoms with Crippen molar-refractivity contribution >= 4 is 11.9 Å². The summed E-state index contributed by atoms with van der Waals surface area (Å²) in [4.78, 5) is 23.7. The number of esters is 2. The van der Waals surface area contributed by atoms with Gasteiger partial charge in [0.1, 0.15) is 12.2 Å². The van der Waals surface area contributed by atoms with Crippen molar-refractivity contribution in [3.63, 3.8) is 0 Å². The number of carbonyl (C=O) groups is 2. The minimum absolute atomic E-state index is 0.126. The lowest BCUT2D eigenvalue weighted by molar-refractivity contribution is -0.143. The highest BCUT2D eigenvalue weighted by Gasteiger charge is 2.58. The molecule has 5 nitrogen and oxygen atoms in total. The first kappa shape index (κ1) is 12.1. The van der Waals surface area contributed by atoms with Gasteiger partial charge in [-0.3, -0.25) is 0 Å². The summed E-state index contributed by atoms with van der Waals surface area (Å²) >= 11 is 0. The van der Waals surface area contributed by atoms with E-state index in [1.54, 1.807) is 0 Å². The summed E-state index contributed by atoms with van der Waals surface area (Å²) < 4.78 is 16.6. The standard InChI is InChI=1S/C15H16O5/c1-7-12-9-5-8(14(17)18-9)3-4-11-15(2,20-11)6-10(12)19-13(7)16/h5,9-12H,1,3-4,6H2,2H3/t9-,10+,11+,12+,15+/m0/s1. The van der Waals surface area contributed by atoms with Crippen molar-refractivity contribution in [1.82, 2.24) is 0 Å². The molecule has 1 aliphatic carbocycles. The van der Waals surface area contributed by atoms with Crippen LogP contribution in [0.5, 0.6) is 0 Å². The second-order valence-electron chi connectivity index (χ2n) is 6.22. The topological polar surface area (TPSA) is 65.1 Å². The number of hydrogen-bond acceptors (Lipinski definition) is 5. The fraction of sp³-hybridized carbons (Fsp3) is 0.600. The molecule has 106 valence electrons. The molecule has 0 N–H and O–H groups in total. The van der Waals surface area contributed by atoms with Crippen molar-refractivity contribution in [2.45, 2.75) is 50.1 Å². The first-order chi connectivity index (χ1) is 9.48. The van der Waals surface area contributed by atoms with Crippen LogP contribution in [0.25, 0.3) is 0 Å². The molecule has 0 spiro atoms. The summed E-state index contributed by atoms with van der Waals surface area (Å²) in [6.45, 7) is 5.85. The smallest absolute Gasteiger partial charge is 0.334 e. The summed E-state index contributed by atoms with van der Waals surface area (Å²) in [7, 11) is 0. The van der Waals surface area contributed by atoms with Crippen LogP contribution in [0.15, 0.2) is 23.8 Å². The molecule has 0 unspecified atom stereocenters. The van der Waals surface area contributed by atoms with E-state index in [-0.39, 0.29) is 29.7 Å². The predicted octanol–water partition coefficient (Wildman–Crippen LogP) is 1.28. The largest absolute Gasteiger partial charge is 0.458 e. The van der Waals surface area contributed by atoms with Gasteiger partial charge in [0.05, 0.1) is 17.6 Å². The maximum Gasteiger partial charge on any atom is 0.334 e. The van der Waals surface area contributed by atoms with E-state index in [9.17, 15) is 9.59 Å². The molecule has 0 radical (unpaired) electrons. The van der Waals surface area contributed by atoms with Crippen molar-refractivity contribution in [3.8, 4) is 0 Å². The number of rotatable bonds is 0. The Balaban J connectivity index is 1.73. The average Bonchev–Trinajstić information content (AvgIpc) is 2.74. The Bertz CT molecular complexity index is 563. The van der Waals surface area contributed by atoms with E-state index in [1.807, 2.05) is 13.0 Å². The van der Waals surface area contributed by atoms with Gasteiger partial charge in [-0.05, 0) is 25.8 Å². The van der Waals surface area contributed by atoms with Gasteiger partial charge in [-0.25, -0.2) is 9.59 Å². The molecule has 3 heterocycles. The molecule has 0 amide bonds. The molecule has 0 saturated carbocycles. The van der Waals surface area contributed by atoms with Gasteiger partial charge in [0.15, 0.2) is 0 Å². The highest BCUT2D eigenvalue weighted by atomic mass is 16.6. The number of carbonyl (C=O) groups excluding carboxylic acids is 2. The maximum atomic E-state index is 11.9. The summed E-state index contributed by atoms with van der Waals surface area (Å²) in [5.74, 6) is -0.966. The van der Waals surface area contributed by atoms with Crippen molar-refractivity contribution < 1.29 is 23.8 Å². The van der Waals surface area contributed by atoms with Gasteiger partial charge in [-0.2, -0.15) is 0 Å². The summed E-state index contributed by atoms with van der Waals surface area (Å²) in [6, 6.07) is 0. The third kappa shape index (κ3) is 1.59. The minimum Gasteiger partial charge on any atom is -0.458 e. The van der Waals surface area contributed by atoms with Crippen molar-refractivity contribution in [3.05, 3.63) is 23.8 Å². The first-order valence-corrected chi connectivity index (χ1v) is 6.97. The van der Waals surface area contributed by atoms with Crippen molar-refractivity contribution in [2.75, 3.05) is 0 Å². The lowest BCUT2D eigenvalue weighted by atomic mass is 9.83. The summed E-state index contributed by atoms with van der Waals surface area (Å²) in [5.41, 5.74) is 0.820. The van der Waals surface area contributed by atoms with Crippen LogP contribution in [0.3, 0.4) is 0 Å². The molecule has 4 rings (SSSR count). The van der Waals surface area contributed by atoms with Crippen LogP contribution in [0.2, 0.25) is 0 Å². The molecule has 2 saturated heterocycles. The van der Waals surface area contributed by atoms with Gasteiger partial charge in [-0.15, -0.1) is 0 Å². The SMILES string of the molecule is C=C1C(=O)O[C@@H]2C[C@@]3(C)O[C@@H]3CCC3=C[C@H](OC3=O)[C@@H]12. The number of epoxide rings is 1. The van der Waals surface area contributed by atoms with Crippen LogP contribution in [0.4, 0.5) is 0 Å². The van der Waals surface area contributed by atoms with Gasteiger partial charge in [0, 0.05) is 17.6 Å². The third-order valence-electron chi connectivity index (χ3n) is 4.87. The average molecular weight is 276 g/mol. The van der Waals surface area contributed by atoms with Crippen LogP contribution < -0.4 is 0 Å². The third-order valence-corrected chi connectivity index (χ3v) is 4.87. The van der Waals surface area contributed by atoms with Gasteiger partial charge >= 0.3 is 11.9 Å². The Kier molecular flexibility index (Phi) is 2.26. The van der Waals surface area contributed by atoms with Gasteiger partial charge < -0.3 is 14.2 Å². The number of hydrogen-bond donors (Lipinski definition) is 0. The van der Waals surface area contributed by atoms with E-state index in [4.69, 9.17) is 14.2 Å². The van der Waals surface area contributed by atoms with E-state index in [2.05, 4.69) is 6.58 Å². The Morgan fingerprint density at radius 2 is 2.10 bits per heavy atom. The normalized spacial score (nSPS) is 46.0. The Labute approximate surface area is 116 Å². The lowest BCUT2D eigenvalue weighted by Crippen LogP contribution is -2.32. The monoisotopic (exact) mass is 276 g/mol. The van der Waals surface area contributed by atoms with Crippen LogP contribution in [-0.4, -0.2) is 35.9 Å². The molecule has 0 aromatic carbocycles.